The number of aromatic nitrogens is 1. The number of carbonyl (C=O) groups is 1. The van der Waals surface area contributed by atoms with Crippen LogP contribution in [-0.2, 0) is 0 Å². The third-order valence-electron chi connectivity index (χ3n) is 7.20. The second kappa shape index (κ2) is 11.4. The summed E-state index contributed by atoms with van der Waals surface area (Å²) in [5.41, 5.74) is 13.2. The minimum absolute atomic E-state index is 0.146. The predicted molar refractivity (Wildman–Crippen MR) is 170 cm³/mol. The Bertz CT molecular complexity index is 1870. The zero-order valence-electron chi connectivity index (χ0n) is 23.4. The van der Waals surface area contributed by atoms with Crippen molar-refractivity contribution in [2.45, 2.75) is 0 Å². The molecule has 6 rings (SSSR count). The maximum Gasteiger partial charge on any atom is 0.205 e. The Kier molecular flexibility index (Phi) is 7.33. The third-order valence-corrected chi connectivity index (χ3v) is 8.30. The van der Waals surface area contributed by atoms with Crippen molar-refractivity contribution in [1.29, 1.82) is 0 Å². The fourth-order valence-corrected chi connectivity index (χ4v) is 6.17. The number of ether oxygens (including phenoxy) is 3. The van der Waals surface area contributed by atoms with Gasteiger partial charge in [0.1, 0.15) is 9.71 Å². The number of benzene rings is 4. The number of thiophene rings is 1. The summed E-state index contributed by atoms with van der Waals surface area (Å²) in [7, 11) is 4.73. The molecule has 208 valence electrons. The molecule has 0 aliphatic rings. The summed E-state index contributed by atoms with van der Waals surface area (Å²) < 4.78 is 16.8. The summed E-state index contributed by atoms with van der Waals surface area (Å²) in [6, 6.07) is 33.3. The molecular weight excluding hydrogens is 544 g/mol. The van der Waals surface area contributed by atoms with Crippen molar-refractivity contribution in [3.63, 3.8) is 0 Å². The lowest BCUT2D eigenvalue weighted by molar-refractivity contribution is 0.104. The lowest BCUT2D eigenvalue weighted by Crippen LogP contribution is -2.02. The van der Waals surface area contributed by atoms with E-state index in [1.807, 2.05) is 103 Å². The first-order valence-corrected chi connectivity index (χ1v) is 14.1. The Labute approximate surface area is 248 Å². The van der Waals surface area contributed by atoms with Gasteiger partial charge >= 0.3 is 0 Å². The summed E-state index contributed by atoms with van der Waals surface area (Å²) in [6.07, 6.45) is 0. The number of nitrogen functional groups attached to an aromatic ring is 1. The number of fused-ring (bicyclic) bond motifs is 1. The number of carbonyl (C=O) groups excluding carboxylic acids is 1. The molecule has 0 radical (unpaired) electrons. The first kappa shape index (κ1) is 27.1. The fraction of sp³-hybridized carbons (Fsp3) is 0.0857. The number of nitrogens with zero attached hydrogens (tertiary/aromatic N) is 1. The number of hydrogen-bond acceptors (Lipinski definition) is 7. The molecule has 7 heteroatoms. The summed E-state index contributed by atoms with van der Waals surface area (Å²) in [4.78, 5) is 19.9. The highest BCUT2D eigenvalue weighted by Gasteiger charge is 2.24. The number of methoxy groups -OCH3 is 3. The van der Waals surface area contributed by atoms with Crippen molar-refractivity contribution in [1.82, 2.24) is 4.98 Å². The molecule has 0 spiro atoms. The van der Waals surface area contributed by atoms with Gasteiger partial charge in [0.2, 0.25) is 11.5 Å². The van der Waals surface area contributed by atoms with E-state index in [0.29, 0.717) is 43.6 Å². The summed E-state index contributed by atoms with van der Waals surface area (Å²) in [5.74, 6) is 1.38. The molecule has 0 bridgehead atoms. The normalized spacial score (nSPS) is 10.9. The summed E-state index contributed by atoms with van der Waals surface area (Å²) in [6.45, 7) is 0. The van der Waals surface area contributed by atoms with E-state index in [-0.39, 0.29) is 5.78 Å². The fourth-order valence-electron chi connectivity index (χ4n) is 5.09. The highest BCUT2D eigenvalue weighted by Crippen LogP contribution is 2.46. The Morgan fingerprint density at radius 3 is 1.83 bits per heavy atom. The molecule has 4 aromatic carbocycles. The number of anilines is 1. The van der Waals surface area contributed by atoms with E-state index in [9.17, 15) is 4.79 Å². The van der Waals surface area contributed by atoms with Crippen molar-refractivity contribution >= 4 is 33.0 Å². The van der Waals surface area contributed by atoms with Gasteiger partial charge in [0.25, 0.3) is 0 Å². The second-order valence-electron chi connectivity index (χ2n) is 9.63. The smallest absolute Gasteiger partial charge is 0.205 e. The maximum absolute atomic E-state index is 13.8. The van der Waals surface area contributed by atoms with Crippen LogP contribution in [0.25, 0.3) is 43.7 Å². The van der Waals surface area contributed by atoms with Crippen LogP contribution in [0.15, 0.2) is 103 Å². The second-order valence-corrected chi connectivity index (χ2v) is 10.6. The zero-order chi connectivity index (χ0) is 29.2. The lowest BCUT2D eigenvalue weighted by Gasteiger charge is -2.15. The Balaban J connectivity index is 1.52. The zero-order valence-corrected chi connectivity index (χ0v) is 24.2. The minimum Gasteiger partial charge on any atom is -0.493 e. The van der Waals surface area contributed by atoms with Gasteiger partial charge < -0.3 is 19.9 Å². The van der Waals surface area contributed by atoms with Crippen LogP contribution in [-0.4, -0.2) is 32.1 Å². The van der Waals surface area contributed by atoms with Gasteiger partial charge in [-0.1, -0.05) is 84.9 Å². The number of ketones is 1. The van der Waals surface area contributed by atoms with Gasteiger partial charge in [-0.25, -0.2) is 4.98 Å². The van der Waals surface area contributed by atoms with Crippen LogP contribution in [0.3, 0.4) is 0 Å². The van der Waals surface area contributed by atoms with Crippen LogP contribution in [0.2, 0.25) is 0 Å². The van der Waals surface area contributed by atoms with Crippen LogP contribution < -0.4 is 19.9 Å². The molecule has 2 aromatic heterocycles. The van der Waals surface area contributed by atoms with E-state index in [4.69, 9.17) is 24.9 Å². The van der Waals surface area contributed by atoms with E-state index < -0.39 is 0 Å². The van der Waals surface area contributed by atoms with Crippen LogP contribution in [0, 0.1) is 0 Å². The van der Waals surface area contributed by atoms with Gasteiger partial charge in [-0.15, -0.1) is 11.3 Å². The van der Waals surface area contributed by atoms with Gasteiger partial charge in [-0.3, -0.25) is 4.79 Å². The van der Waals surface area contributed by atoms with Crippen molar-refractivity contribution in [3.05, 3.63) is 114 Å². The average Bonchev–Trinajstić information content (AvgIpc) is 3.40. The molecule has 2 N–H and O–H groups in total. The summed E-state index contributed by atoms with van der Waals surface area (Å²) in [5, 5.41) is 0.707. The molecule has 0 fully saturated rings. The quantitative estimate of drug-likeness (QED) is 0.185. The number of hydrogen-bond donors (Lipinski definition) is 1. The third kappa shape index (κ3) is 4.84. The molecule has 0 saturated heterocycles. The van der Waals surface area contributed by atoms with Crippen molar-refractivity contribution in [2.75, 3.05) is 27.1 Å². The molecule has 6 aromatic rings. The van der Waals surface area contributed by atoms with Gasteiger partial charge in [-0.2, -0.15) is 0 Å². The Hall–Kier alpha value is -5.14. The van der Waals surface area contributed by atoms with Crippen LogP contribution in [0.1, 0.15) is 15.2 Å². The van der Waals surface area contributed by atoms with Gasteiger partial charge in [0.15, 0.2) is 11.5 Å². The lowest BCUT2D eigenvalue weighted by atomic mass is 9.97. The molecule has 2 heterocycles. The van der Waals surface area contributed by atoms with Gasteiger partial charge in [0, 0.05) is 16.5 Å². The van der Waals surface area contributed by atoms with E-state index in [1.54, 1.807) is 21.3 Å². The van der Waals surface area contributed by atoms with Crippen molar-refractivity contribution in [3.8, 4) is 50.8 Å². The van der Waals surface area contributed by atoms with Gasteiger partial charge in [0.05, 0.1) is 32.7 Å². The van der Waals surface area contributed by atoms with E-state index in [1.165, 1.54) is 11.3 Å². The molecule has 0 amide bonds. The molecule has 42 heavy (non-hydrogen) atoms. The largest absolute Gasteiger partial charge is 0.493 e. The molecule has 0 aliphatic carbocycles. The standard InChI is InChI=1S/C35H28N2O4S/c1-39-28-18-25(19-29(40-2)33(28)41-3)26-20-27(23-12-8-5-9-13-23)37-35-30(26)31(36)34(42-35)32(38)24-16-14-22(15-17-24)21-10-6-4-7-11-21/h4-20H,36H2,1-3H3. The summed E-state index contributed by atoms with van der Waals surface area (Å²) >= 11 is 1.30. The SMILES string of the molecule is COc1cc(-c2cc(-c3ccccc3)nc3sc(C(=O)c4ccc(-c5ccccc5)cc4)c(N)c23)cc(OC)c1OC. The first-order valence-electron chi connectivity index (χ1n) is 13.3. The van der Waals surface area contributed by atoms with Crippen LogP contribution in [0.5, 0.6) is 17.2 Å². The monoisotopic (exact) mass is 572 g/mol. The van der Waals surface area contributed by atoms with E-state index in [0.717, 1.165) is 33.5 Å². The highest BCUT2D eigenvalue weighted by atomic mass is 32.1. The Morgan fingerprint density at radius 2 is 1.26 bits per heavy atom. The molecular formula is C35H28N2O4S. The van der Waals surface area contributed by atoms with Crippen LogP contribution in [0.4, 0.5) is 5.69 Å². The number of nitrogens with two attached hydrogens (primary N) is 1. The van der Waals surface area contributed by atoms with E-state index in [2.05, 4.69) is 0 Å². The highest BCUT2D eigenvalue weighted by molar-refractivity contribution is 7.21. The molecule has 0 atom stereocenters. The van der Waals surface area contributed by atoms with Crippen molar-refractivity contribution < 1.29 is 19.0 Å². The molecule has 0 aliphatic heterocycles. The number of rotatable bonds is 8. The van der Waals surface area contributed by atoms with Crippen LogP contribution >= 0.6 is 11.3 Å². The Morgan fingerprint density at radius 1 is 0.690 bits per heavy atom. The van der Waals surface area contributed by atoms with Crippen molar-refractivity contribution in [2.24, 2.45) is 0 Å². The number of pyridine rings is 1. The van der Waals surface area contributed by atoms with Gasteiger partial charge in [-0.05, 0) is 40.5 Å². The maximum atomic E-state index is 13.8. The predicted octanol–water partition coefficient (Wildman–Crippen LogP) is 8.14. The molecule has 6 nitrogen and oxygen atoms in total. The topological polar surface area (TPSA) is 83.7 Å². The minimum atomic E-state index is -0.146. The van der Waals surface area contributed by atoms with E-state index >= 15 is 0 Å². The molecule has 0 unspecified atom stereocenters. The molecule has 0 saturated carbocycles. The average molecular weight is 573 g/mol. The first-order chi connectivity index (χ1) is 20.5.